The summed E-state index contributed by atoms with van der Waals surface area (Å²) >= 11 is 0. The Balaban J connectivity index is 1.89. The molecule has 6 atom stereocenters. The number of aliphatic hydroxyl groups excluding tert-OH is 1. The number of nitrogens with zero attached hydrogens (tertiary/aromatic N) is 1. The topological polar surface area (TPSA) is 207 Å². The quantitative estimate of drug-likeness (QED) is 0.0789. The number of aliphatic hydroxyl groups is 1. The zero-order chi connectivity index (χ0) is 38.0. The fourth-order valence-electron chi connectivity index (χ4n) is 5.77. The number of ketones is 1. The van der Waals surface area contributed by atoms with Crippen LogP contribution in [0.15, 0.2) is 55.0 Å². The number of nitrogens with one attached hydrogen (secondary N) is 4. The van der Waals surface area contributed by atoms with Crippen LogP contribution in [-0.2, 0) is 41.4 Å². The Labute approximate surface area is 305 Å². The molecule has 0 aliphatic heterocycles. The third-order valence-electron chi connectivity index (χ3n) is 8.94. The highest BCUT2D eigenvalue weighted by molar-refractivity contribution is 5.95. The number of amides is 3. The van der Waals surface area contributed by atoms with E-state index in [2.05, 4.69) is 25.9 Å². The summed E-state index contributed by atoms with van der Waals surface area (Å²) in [6, 6.07) is 9.66. The van der Waals surface area contributed by atoms with Crippen molar-refractivity contribution in [2.75, 3.05) is 40.1 Å². The number of benzene rings is 2. The van der Waals surface area contributed by atoms with Gasteiger partial charge in [0.2, 0.25) is 11.8 Å². The average molecular weight is 725 g/mol. The molecule has 1 aromatic heterocycles. The van der Waals surface area contributed by atoms with Crippen LogP contribution in [0.5, 0.6) is 0 Å². The number of hydrogen-bond donors (Lipinski definition) is 6. The summed E-state index contributed by atoms with van der Waals surface area (Å²) in [6.45, 7) is 8.95. The molecule has 2 aromatic carbocycles. The van der Waals surface area contributed by atoms with E-state index in [9.17, 15) is 24.3 Å². The van der Waals surface area contributed by atoms with Crippen LogP contribution in [0.4, 0.5) is 4.79 Å². The van der Waals surface area contributed by atoms with Crippen molar-refractivity contribution in [3.05, 3.63) is 66.2 Å². The summed E-state index contributed by atoms with van der Waals surface area (Å²) in [4.78, 5) is 61.6. The number of Topliss-reactive ketones (excluding diaryl/α,β-unsaturated/α-hetero) is 1. The third kappa shape index (κ3) is 13.3. The molecular formula is C38H56N6O8. The van der Waals surface area contributed by atoms with Gasteiger partial charge in [-0.25, -0.2) is 9.78 Å². The van der Waals surface area contributed by atoms with E-state index < -0.39 is 53.8 Å². The third-order valence-corrected chi connectivity index (χ3v) is 8.94. The maximum absolute atomic E-state index is 14.4. The highest BCUT2D eigenvalue weighted by Gasteiger charge is 2.39. The van der Waals surface area contributed by atoms with Crippen molar-refractivity contribution >= 4 is 34.5 Å². The Morgan fingerprint density at radius 1 is 0.923 bits per heavy atom. The molecule has 0 radical (unpaired) electrons. The van der Waals surface area contributed by atoms with Crippen molar-refractivity contribution < 1.29 is 38.5 Å². The minimum Gasteiger partial charge on any atom is -0.447 e. The Bertz CT molecular complexity index is 1550. The molecule has 3 amide bonds. The van der Waals surface area contributed by atoms with Gasteiger partial charge < -0.3 is 46.0 Å². The van der Waals surface area contributed by atoms with Crippen LogP contribution in [0.25, 0.3) is 10.8 Å². The second-order valence-electron chi connectivity index (χ2n) is 13.5. The predicted octanol–water partition coefficient (Wildman–Crippen LogP) is 2.67. The van der Waals surface area contributed by atoms with E-state index in [1.54, 1.807) is 7.11 Å². The average Bonchev–Trinajstić information content (AvgIpc) is 3.65. The molecule has 0 saturated carbocycles. The lowest BCUT2D eigenvalue weighted by molar-refractivity contribution is -0.136. The number of nitrogens with two attached hydrogens (primary N) is 1. The first-order chi connectivity index (χ1) is 24.9. The highest BCUT2D eigenvalue weighted by Crippen LogP contribution is 2.23. The zero-order valence-corrected chi connectivity index (χ0v) is 30.9. The molecule has 0 fully saturated rings. The minimum absolute atomic E-state index is 0.00554. The Kier molecular flexibility index (Phi) is 17.7. The number of hydrogen-bond acceptors (Lipinski definition) is 10. The van der Waals surface area contributed by atoms with E-state index in [1.807, 2.05) is 70.2 Å². The van der Waals surface area contributed by atoms with Gasteiger partial charge >= 0.3 is 6.09 Å². The first kappa shape index (κ1) is 42.0. The fourth-order valence-corrected chi connectivity index (χ4v) is 5.77. The highest BCUT2D eigenvalue weighted by atomic mass is 16.6. The monoisotopic (exact) mass is 724 g/mol. The number of methoxy groups -OCH3 is 1. The minimum atomic E-state index is -1.53. The molecule has 7 N–H and O–H groups in total. The molecule has 2 unspecified atom stereocenters. The van der Waals surface area contributed by atoms with Gasteiger partial charge in [-0.05, 0) is 34.6 Å². The lowest BCUT2D eigenvalue weighted by Crippen LogP contribution is -2.58. The number of aromatic nitrogens is 2. The van der Waals surface area contributed by atoms with E-state index in [1.165, 1.54) is 12.5 Å². The van der Waals surface area contributed by atoms with E-state index in [4.69, 9.17) is 19.9 Å². The van der Waals surface area contributed by atoms with E-state index in [-0.39, 0.29) is 44.3 Å². The van der Waals surface area contributed by atoms with Crippen LogP contribution in [0, 0.1) is 17.8 Å². The Morgan fingerprint density at radius 3 is 2.35 bits per heavy atom. The molecule has 286 valence electrons. The number of ether oxygens (including phenoxy) is 3. The normalized spacial score (nSPS) is 14.9. The lowest BCUT2D eigenvalue weighted by Gasteiger charge is -2.31. The van der Waals surface area contributed by atoms with Crippen molar-refractivity contribution in [2.24, 2.45) is 23.5 Å². The Morgan fingerprint density at radius 2 is 1.65 bits per heavy atom. The van der Waals surface area contributed by atoms with Crippen molar-refractivity contribution in [3.8, 4) is 0 Å². The van der Waals surface area contributed by atoms with Crippen LogP contribution in [-0.4, -0.2) is 103 Å². The van der Waals surface area contributed by atoms with Crippen molar-refractivity contribution in [2.45, 2.75) is 77.6 Å². The van der Waals surface area contributed by atoms with Crippen LogP contribution in [0.3, 0.4) is 0 Å². The SMILES string of the molecule is CCC(C)CNC(=O)C(N)[C@@H](O)[C@H](CC(C)C)C(=O)[C@H](Cc1cnc[nH]1)NC(=O)[C@H](Cc1cccc2ccccc12)NC(=O)OCCOCCOC. The largest absolute Gasteiger partial charge is 0.447 e. The van der Waals surface area contributed by atoms with Gasteiger partial charge in [0.15, 0.2) is 5.78 Å². The number of rotatable bonds is 23. The van der Waals surface area contributed by atoms with Gasteiger partial charge in [-0.1, -0.05) is 76.6 Å². The molecule has 0 aliphatic carbocycles. The van der Waals surface area contributed by atoms with E-state index in [0.717, 1.165) is 22.8 Å². The molecule has 0 aliphatic rings. The summed E-state index contributed by atoms with van der Waals surface area (Å²) in [5, 5.41) is 21.6. The second kappa shape index (κ2) is 21.9. The van der Waals surface area contributed by atoms with Crippen LogP contribution < -0.4 is 21.7 Å². The molecule has 52 heavy (non-hydrogen) atoms. The lowest BCUT2D eigenvalue weighted by atomic mass is 9.81. The standard InChI is InChI=1S/C38H56N6O8/c1-6-25(4)21-41-37(48)33(39)35(46)30(18-24(2)3)34(45)31(20-28-22-40-23-42-28)43-36(47)32(44-38(49)52-17-16-51-15-14-50-5)19-27-12-9-11-26-10-7-8-13-29(26)27/h7-13,22-25,30-33,35,46H,6,14-21,39H2,1-5H3,(H,40,42)(H,41,48)(H,43,47)(H,44,49)/t25?,30-,31+,32+,33?,35+/m1/s1. The summed E-state index contributed by atoms with van der Waals surface area (Å²) < 4.78 is 15.6. The molecule has 1 heterocycles. The number of carbonyl (C=O) groups excluding carboxylic acids is 4. The number of H-pyrrole nitrogens is 1. The molecule has 14 heteroatoms. The molecule has 3 aromatic rings. The van der Waals surface area contributed by atoms with Gasteiger partial charge in [-0.2, -0.15) is 0 Å². The van der Waals surface area contributed by atoms with Crippen molar-refractivity contribution in [1.82, 2.24) is 25.9 Å². The predicted molar refractivity (Wildman–Crippen MR) is 197 cm³/mol. The summed E-state index contributed by atoms with van der Waals surface area (Å²) in [7, 11) is 1.55. The smallest absolute Gasteiger partial charge is 0.407 e. The van der Waals surface area contributed by atoms with Gasteiger partial charge in [-0.3, -0.25) is 14.4 Å². The van der Waals surface area contributed by atoms with E-state index >= 15 is 0 Å². The number of carbonyl (C=O) groups is 4. The molecule has 0 saturated heterocycles. The van der Waals surface area contributed by atoms with Gasteiger partial charge in [0.25, 0.3) is 0 Å². The molecule has 0 spiro atoms. The number of alkyl carbamates (subject to hydrolysis) is 1. The summed E-state index contributed by atoms with van der Waals surface area (Å²) in [5.74, 6) is -2.66. The number of aromatic amines is 1. The van der Waals surface area contributed by atoms with Gasteiger partial charge in [0, 0.05) is 44.3 Å². The van der Waals surface area contributed by atoms with Crippen LogP contribution >= 0.6 is 0 Å². The molecule has 3 rings (SSSR count). The van der Waals surface area contributed by atoms with Crippen LogP contribution in [0.2, 0.25) is 0 Å². The molecule has 0 bridgehead atoms. The van der Waals surface area contributed by atoms with Crippen LogP contribution in [0.1, 0.15) is 51.8 Å². The van der Waals surface area contributed by atoms with Crippen molar-refractivity contribution in [1.29, 1.82) is 0 Å². The van der Waals surface area contributed by atoms with Gasteiger partial charge in [0.1, 0.15) is 18.7 Å². The number of imidazole rings is 1. The zero-order valence-electron chi connectivity index (χ0n) is 30.9. The Hall–Kier alpha value is -4.37. The summed E-state index contributed by atoms with van der Waals surface area (Å²) in [5.41, 5.74) is 7.60. The maximum Gasteiger partial charge on any atom is 0.407 e. The van der Waals surface area contributed by atoms with Gasteiger partial charge in [0.05, 0.1) is 38.3 Å². The first-order valence-corrected chi connectivity index (χ1v) is 17.9. The second-order valence-corrected chi connectivity index (χ2v) is 13.5. The number of fused-ring (bicyclic) bond motifs is 1. The molecular weight excluding hydrogens is 668 g/mol. The van der Waals surface area contributed by atoms with Crippen molar-refractivity contribution in [3.63, 3.8) is 0 Å². The summed E-state index contributed by atoms with van der Waals surface area (Å²) in [6.07, 6.45) is 1.76. The van der Waals surface area contributed by atoms with Gasteiger partial charge in [-0.15, -0.1) is 0 Å². The fraction of sp³-hybridized carbons (Fsp3) is 0.553. The maximum atomic E-state index is 14.4. The molecule has 14 nitrogen and oxygen atoms in total. The first-order valence-electron chi connectivity index (χ1n) is 17.9. The van der Waals surface area contributed by atoms with E-state index in [0.29, 0.717) is 25.5 Å².